The molecular formula is C21H25N5O4. The summed E-state index contributed by atoms with van der Waals surface area (Å²) < 4.78 is 5.38. The van der Waals surface area contributed by atoms with Gasteiger partial charge >= 0.3 is 0 Å². The van der Waals surface area contributed by atoms with Crippen molar-refractivity contribution >= 4 is 17.4 Å². The molecule has 2 aliphatic heterocycles. The van der Waals surface area contributed by atoms with E-state index in [4.69, 9.17) is 4.74 Å². The third-order valence-corrected chi connectivity index (χ3v) is 5.69. The quantitative estimate of drug-likeness (QED) is 0.432. The van der Waals surface area contributed by atoms with E-state index in [0.29, 0.717) is 43.3 Å². The largest absolute Gasteiger partial charge is 0.507 e. The Morgan fingerprint density at radius 1 is 1.20 bits per heavy atom. The predicted octanol–water partition coefficient (Wildman–Crippen LogP) is 1.18. The van der Waals surface area contributed by atoms with Crippen molar-refractivity contribution in [1.29, 1.82) is 0 Å². The molecule has 2 N–H and O–H groups in total. The van der Waals surface area contributed by atoms with Gasteiger partial charge in [-0.2, -0.15) is 5.10 Å². The minimum atomic E-state index is -0.684. The summed E-state index contributed by atoms with van der Waals surface area (Å²) in [5.74, 6) is -1.49. The van der Waals surface area contributed by atoms with Gasteiger partial charge in [0.05, 0.1) is 36.1 Å². The number of nitrogens with one attached hydrogen (secondary N) is 1. The first-order chi connectivity index (χ1) is 14.5. The number of amides is 1. The van der Waals surface area contributed by atoms with Crippen molar-refractivity contribution in [2.24, 2.45) is 0 Å². The number of aromatic amines is 1. The Morgan fingerprint density at radius 2 is 1.90 bits per heavy atom. The smallest absolute Gasteiger partial charge is 0.295 e. The molecule has 0 aromatic carbocycles. The van der Waals surface area contributed by atoms with Gasteiger partial charge in [0.15, 0.2) is 0 Å². The van der Waals surface area contributed by atoms with E-state index in [9.17, 15) is 14.7 Å². The van der Waals surface area contributed by atoms with Gasteiger partial charge in [0.2, 0.25) is 0 Å². The molecule has 2 aromatic heterocycles. The zero-order valence-electron chi connectivity index (χ0n) is 17.1. The average Bonchev–Trinajstić information content (AvgIpc) is 3.23. The summed E-state index contributed by atoms with van der Waals surface area (Å²) in [7, 11) is 0. The highest BCUT2D eigenvalue weighted by Gasteiger charge is 2.46. The number of rotatable bonds is 5. The van der Waals surface area contributed by atoms with Crippen LogP contribution in [0.25, 0.3) is 5.76 Å². The van der Waals surface area contributed by atoms with Crippen LogP contribution in [0.4, 0.5) is 0 Å². The molecule has 9 heteroatoms. The van der Waals surface area contributed by atoms with Gasteiger partial charge in [0.1, 0.15) is 5.76 Å². The van der Waals surface area contributed by atoms with Gasteiger partial charge in [-0.05, 0) is 31.5 Å². The molecule has 0 unspecified atom stereocenters. The molecule has 2 saturated heterocycles. The Morgan fingerprint density at radius 3 is 2.53 bits per heavy atom. The Kier molecular flexibility index (Phi) is 5.65. The lowest BCUT2D eigenvalue weighted by Crippen LogP contribution is -2.42. The molecule has 158 valence electrons. The lowest BCUT2D eigenvalue weighted by atomic mass is 9.95. The number of Topliss-reactive ketones (excluding diaryl/α,β-unsaturated/α-hetero) is 1. The second-order valence-corrected chi connectivity index (χ2v) is 7.54. The average molecular weight is 411 g/mol. The number of H-pyrrole nitrogens is 1. The Hall–Kier alpha value is -3.04. The highest BCUT2D eigenvalue weighted by molar-refractivity contribution is 6.46. The van der Waals surface area contributed by atoms with E-state index in [1.54, 1.807) is 43.3 Å². The summed E-state index contributed by atoms with van der Waals surface area (Å²) in [6, 6.07) is 2.85. The van der Waals surface area contributed by atoms with Gasteiger partial charge in [-0.1, -0.05) is 0 Å². The number of carbonyl (C=O) groups excluding carboxylic acids is 2. The van der Waals surface area contributed by atoms with Crippen LogP contribution < -0.4 is 0 Å². The summed E-state index contributed by atoms with van der Waals surface area (Å²) in [4.78, 5) is 33.8. The molecule has 2 aliphatic rings. The standard InChI is InChI=1S/C21H25N5O4/c1-13-16(14(2)24-23-13)19(27)17-18(15-3-5-22-6-4-15)26(21(29)20(17)28)8-7-25-9-11-30-12-10-25/h3-6,18,27H,7-12H2,1-2H3,(H,23,24)/b19-17+/t18-/m1/s1. The number of nitrogens with zero attached hydrogens (tertiary/aromatic N) is 4. The van der Waals surface area contributed by atoms with Gasteiger partial charge in [-0.25, -0.2) is 0 Å². The second kappa shape index (κ2) is 8.37. The van der Waals surface area contributed by atoms with Gasteiger partial charge in [0.25, 0.3) is 11.7 Å². The minimum Gasteiger partial charge on any atom is -0.507 e. The van der Waals surface area contributed by atoms with Crippen molar-refractivity contribution in [2.75, 3.05) is 39.4 Å². The number of pyridine rings is 1. The lowest BCUT2D eigenvalue weighted by Gasteiger charge is -2.30. The number of carbonyl (C=O) groups is 2. The zero-order valence-corrected chi connectivity index (χ0v) is 17.1. The number of aliphatic hydroxyl groups excluding tert-OH is 1. The fourth-order valence-electron chi connectivity index (χ4n) is 4.11. The van der Waals surface area contributed by atoms with Crippen molar-refractivity contribution in [3.8, 4) is 0 Å². The number of ketones is 1. The number of aromatic nitrogens is 3. The molecule has 4 rings (SSSR count). The number of hydrogen-bond acceptors (Lipinski definition) is 7. The van der Waals surface area contributed by atoms with Crippen LogP contribution in [0, 0.1) is 13.8 Å². The normalized spacial score (nSPS) is 22.1. The van der Waals surface area contributed by atoms with Crippen LogP contribution in [0.2, 0.25) is 0 Å². The number of aryl methyl sites for hydroxylation is 2. The number of hydrogen-bond donors (Lipinski definition) is 2. The lowest BCUT2D eigenvalue weighted by molar-refractivity contribution is -0.140. The van der Waals surface area contributed by atoms with Crippen molar-refractivity contribution in [3.63, 3.8) is 0 Å². The molecule has 0 aliphatic carbocycles. The van der Waals surface area contributed by atoms with E-state index in [2.05, 4.69) is 20.1 Å². The molecular weight excluding hydrogens is 386 g/mol. The fourth-order valence-corrected chi connectivity index (χ4v) is 4.11. The molecule has 1 atom stereocenters. The first-order valence-electron chi connectivity index (χ1n) is 9.99. The summed E-state index contributed by atoms with van der Waals surface area (Å²) in [5.41, 5.74) is 2.48. The molecule has 4 heterocycles. The molecule has 0 saturated carbocycles. The fraction of sp³-hybridized carbons (Fsp3) is 0.429. The molecule has 9 nitrogen and oxygen atoms in total. The van der Waals surface area contributed by atoms with Gasteiger partial charge in [0, 0.05) is 44.3 Å². The summed E-state index contributed by atoms with van der Waals surface area (Å²) >= 11 is 0. The Labute approximate surface area is 174 Å². The first kappa shape index (κ1) is 20.2. The van der Waals surface area contributed by atoms with E-state index in [1.807, 2.05) is 0 Å². The van der Waals surface area contributed by atoms with Crippen molar-refractivity contribution in [2.45, 2.75) is 19.9 Å². The number of aliphatic hydroxyl groups is 1. The topological polar surface area (TPSA) is 112 Å². The number of ether oxygens (including phenoxy) is 1. The van der Waals surface area contributed by atoms with E-state index >= 15 is 0 Å². The predicted molar refractivity (Wildman–Crippen MR) is 109 cm³/mol. The SMILES string of the molecule is Cc1n[nH]c(C)c1/C(O)=C1\C(=O)C(=O)N(CCN2CCOCC2)[C@@H]1c1ccncc1. The highest BCUT2D eigenvalue weighted by Crippen LogP contribution is 2.39. The van der Waals surface area contributed by atoms with E-state index < -0.39 is 17.7 Å². The Bertz CT molecular complexity index is 959. The van der Waals surface area contributed by atoms with E-state index in [0.717, 1.165) is 18.7 Å². The van der Waals surface area contributed by atoms with Crippen molar-refractivity contribution < 1.29 is 19.4 Å². The van der Waals surface area contributed by atoms with Crippen molar-refractivity contribution in [1.82, 2.24) is 25.0 Å². The van der Waals surface area contributed by atoms with Crippen LogP contribution in [-0.2, 0) is 14.3 Å². The van der Waals surface area contributed by atoms with Gasteiger partial charge < -0.3 is 14.7 Å². The van der Waals surface area contributed by atoms with E-state index in [1.165, 1.54) is 0 Å². The zero-order chi connectivity index (χ0) is 21.3. The first-order valence-corrected chi connectivity index (χ1v) is 9.99. The van der Waals surface area contributed by atoms with Crippen LogP contribution in [0.15, 0.2) is 30.1 Å². The monoisotopic (exact) mass is 411 g/mol. The second-order valence-electron chi connectivity index (χ2n) is 7.54. The maximum Gasteiger partial charge on any atom is 0.295 e. The number of morpholine rings is 1. The third kappa shape index (κ3) is 3.61. The van der Waals surface area contributed by atoms with Crippen LogP contribution in [0.1, 0.15) is 28.6 Å². The van der Waals surface area contributed by atoms with Gasteiger partial charge in [-0.15, -0.1) is 0 Å². The van der Waals surface area contributed by atoms with Gasteiger partial charge in [-0.3, -0.25) is 24.6 Å². The highest BCUT2D eigenvalue weighted by atomic mass is 16.5. The molecule has 0 spiro atoms. The number of likely N-dealkylation sites (tertiary alicyclic amines) is 1. The Balaban J connectivity index is 1.74. The molecule has 2 fully saturated rings. The molecule has 0 bridgehead atoms. The molecule has 0 radical (unpaired) electrons. The summed E-state index contributed by atoms with van der Waals surface area (Å²) in [5, 5.41) is 18.0. The molecule has 2 aromatic rings. The summed E-state index contributed by atoms with van der Waals surface area (Å²) in [6.07, 6.45) is 3.23. The maximum atomic E-state index is 13.0. The summed E-state index contributed by atoms with van der Waals surface area (Å²) in [6.45, 7) is 7.41. The van der Waals surface area contributed by atoms with E-state index in [-0.39, 0.29) is 11.3 Å². The third-order valence-electron chi connectivity index (χ3n) is 5.69. The maximum absolute atomic E-state index is 13.0. The van der Waals surface area contributed by atoms with Crippen LogP contribution in [-0.4, -0.2) is 81.2 Å². The van der Waals surface area contributed by atoms with Crippen LogP contribution in [0.5, 0.6) is 0 Å². The minimum absolute atomic E-state index is 0.0841. The van der Waals surface area contributed by atoms with Crippen LogP contribution in [0.3, 0.4) is 0 Å². The van der Waals surface area contributed by atoms with Crippen LogP contribution >= 0.6 is 0 Å². The van der Waals surface area contributed by atoms with Crippen molar-refractivity contribution in [3.05, 3.63) is 52.6 Å². The molecule has 30 heavy (non-hydrogen) atoms. The molecule has 1 amide bonds.